The lowest BCUT2D eigenvalue weighted by molar-refractivity contribution is 0.00132. The average molecular weight is 553 g/mol. The Bertz CT molecular complexity index is 1660. The van der Waals surface area contributed by atoms with Crippen molar-refractivity contribution in [1.82, 2.24) is 29.2 Å². The number of allylic oxidation sites excluding steroid dienone is 1. The summed E-state index contributed by atoms with van der Waals surface area (Å²) in [4.78, 5) is 32.2. The molecule has 2 saturated heterocycles. The quantitative estimate of drug-likeness (QED) is 0.348. The molecule has 1 spiro atoms. The Hall–Kier alpha value is -4.02. The standard InChI is InChI=1S/C31H36N8O2/c1-3-15-38-29(41)24-18-32-30(35-28(24)39(38)26-12-7-21-5-4-6-25(40)27(21)34-26)33-22-8-10-23(11-9-22)37-16-13-31(14-17-37)19-36(2)20-31/h3,7-12,18,25,40H,1,4-6,13-17,19-20H2,2H3,(H,32,33,35). The molecular formula is C31H36N8O2. The maximum Gasteiger partial charge on any atom is 0.278 e. The molecule has 2 fully saturated rings. The fraction of sp³-hybridized carbons (Fsp3) is 0.419. The maximum absolute atomic E-state index is 13.3. The van der Waals surface area contributed by atoms with E-state index in [9.17, 15) is 9.90 Å². The molecule has 10 heteroatoms. The van der Waals surface area contributed by atoms with Gasteiger partial charge in [0.25, 0.3) is 5.56 Å². The fourth-order valence-corrected chi connectivity index (χ4v) is 6.88. The van der Waals surface area contributed by atoms with Crippen molar-refractivity contribution < 1.29 is 5.11 Å². The third-order valence-electron chi connectivity index (χ3n) is 8.95. The summed E-state index contributed by atoms with van der Waals surface area (Å²) in [6, 6.07) is 12.3. The predicted octanol–water partition coefficient (Wildman–Crippen LogP) is 3.81. The third-order valence-corrected chi connectivity index (χ3v) is 8.95. The fourth-order valence-electron chi connectivity index (χ4n) is 6.88. The third kappa shape index (κ3) is 4.61. The molecule has 1 aromatic carbocycles. The van der Waals surface area contributed by atoms with Gasteiger partial charge in [0.1, 0.15) is 5.39 Å². The van der Waals surface area contributed by atoms with E-state index in [1.165, 1.54) is 31.6 Å². The average Bonchev–Trinajstić information content (AvgIpc) is 3.24. The van der Waals surface area contributed by atoms with Crippen LogP contribution in [0.3, 0.4) is 0 Å². The summed E-state index contributed by atoms with van der Waals surface area (Å²) in [5.41, 5.74) is 4.58. The molecule has 0 amide bonds. The summed E-state index contributed by atoms with van der Waals surface area (Å²) in [7, 11) is 2.21. The van der Waals surface area contributed by atoms with Crippen molar-refractivity contribution in [2.45, 2.75) is 44.8 Å². The van der Waals surface area contributed by atoms with Crippen molar-refractivity contribution in [3.05, 3.63) is 76.9 Å². The number of likely N-dealkylation sites (tertiary alicyclic amines) is 1. The number of nitrogens with zero attached hydrogens (tertiary/aromatic N) is 7. The monoisotopic (exact) mass is 552 g/mol. The summed E-state index contributed by atoms with van der Waals surface area (Å²) in [6.45, 7) is 8.75. The molecule has 212 valence electrons. The van der Waals surface area contributed by atoms with Gasteiger partial charge in [0.15, 0.2) is 11.5 Å². The van der Waals surface area contributed by atoms with Gasteiger partial charge in [0, 0.05) is 43.8 Å². The molecule has 4 aromatic rings. The van der Waals surface area contributed by atoms with Crippen molar-refractivity contribution in [3.8, 4) is 5.82 Å². The molecule has 0 saturated carbocycles. The van der Waals surface area contributed by atoms with Crippen LogP contribution in [-0.4, -0.2) is 67.5 Å². The Labute approximate surface area is 238 Å². The molecule has 10 nitrogen and oxygen atoms in total. The Morgan fingerprint density at radius 2 is 1.90 bits per heavy atom. The number of pyridine rings is 1. The number of anilines is 3. The molecule has 1 unspecified atom stereocenters. The Morgan fingerprint density at radius 3 is 2.63 bits per heavy atom. The van der Waals surface area contributed by atoms with Crippen molar-refractivity contribution in [1.29, 1.82) is 0 Å². The molecule has 1 aliphatic carbocycles. The van der Waals surface area contributed by atoms with E-state index in [0.29, 0.717) is 40.3 Å². The lowest BCUT2D eigenvalue weighted by Crippen LogP contribution is -2.58. The van der Waals surface area contributed by atoms with E-state index >= 15 is 0 Å². The SMILES string of the molecule is C=CCn1c(=O)c2cnc(Nc3ccc(N4CCC5(CC4)CN(C)C5)cc3)nc2n1-c1ccc2c(n1)C(O)CCC2. The van der Waals surface area contributed by atoms with Gasteiger partial charge in [-0.25, -0.2) is 19.3 Å². The van der Waals surface area contributed by atoms with Crippen LogP contribution in [0.25, 0.3) is 16.9 Å². The molecule has 5 heterocycles. The van der Waals surface area contributed by atoms with Crippen LogP contribution in [0.1, 0.15) is 43.0 Å². The largest absolute Gasteiger partial charge is 0.387 e. The first-order valence-electron chi connectivity index (χ1n) is 14.5. The number of aryl methyl sites for hydroxylation is 1. The van der Waals surface area contributed by atoms with E-state index in [-0.39, 0.29) is 12.1 Å². The topological polar surface area (TPSA) is 104 Å². The summed E-state index contributed by atoms with van der Waals surface area (Å²) in [6.07, 6.45) is 7.62. The highest BCUT2D eigenvalue weighted by Crippen LogP contribution is 2.40. The van der Waals surface area contributed by atoms with Gasteiger partial charge in [-0.15, -0.1) is 6.58 Å². The second-order valence-corrected chi connectivity index (χ2v) is 11.9. The minimum atomic E-state index is -0.610. The highest BCUT2D eigenvalue weighted by molar-refractivity contribution is 5.77. The van der Waals surface area contributed by atoms with Crippen LogP contribution in [-0.2, 0) is 13.0 Å². The van der Waals surface area contributed by atoms with Gasteiger partial charge >= 0.3 is 0 Å². The molecule has 7 rings (SSSR count). The van der Waals surface area contributed by atoms with E-state index in [1.54, 1.807) is 21.6 Å². The number of rotatable bonds is 6. The van der Waals surface area contributed by atoms with E-state index in [0.717, 1.165) is 37.2 Å². The zero-order valence-corrected chi connectivity index (χ0v) is 23.5. The molecule has 41 heavy (non-hydrogen) atoms. The lowest BCUT2D eigenvalue weighted by atomic mass is 9.72. The van der Waals surface area contributed by atoms with Crippen molar-refractivity contribution in [2.75, 3.05) is 43.4 Å². The van der Waals surface area contributed by atoms with Crippen molar-refractivity contribution in [3.63, 3.8) is 0 Å². The van der Waals surface area contributed by atoms with Crippen LogP contribution in [0, 0.1) is 5.41 Å². The number of aromatic nitrogens is 5. The van der Waals surface area contributed by atoms with E-state index in [1.807, 2.05) is 24.3 Å². The Balaban J connectivity index is 1.16. The molecule has 0 radical (unpaired) electrons. The van der Waals surface area contributed by atoms with Crippen LogP contribution in [0.5, 0.6) is 0 Å². The number of hydrogen-bond acceptors (Lipinski definition) is 8. The van der Waals surface area contributed by atoms with Crippen LogP contribution in [0.15, 0.2) is 60.0 Å². The first-order valence-corrected chi connectivity index (χ1v) is 14.5. The van der Waals surface area contributed by atoms with Crippen molar-refractivity contribution in [2.24, 2.45) is 5.41 Å². The number of aliphatic hydroxyl groups is 1. The van der Waals surface area contributed by atoms with Gasteiger partial charge in [0.05, 0.1) is 18.3 Å². The van der Waals surface area contributed by atoms with Crippen LogP contribution < -0.4 is 15.8 Å². The zero-order valence-electron chi connectivity index (χ0n) is 23.5. The number of fused-ring (bicyclic) bond motifs is 2. The smallest absolute Gasteiger partial charge is 0.278 e. The Kier molecular flexibility index (Phi) is 6.39. The number of nitrogens with one attached hydrogen (secondary N) is 1. The molecule has 0 bridgehead atoms. The molecular weight excluding hydrogens is 516 g/mol. The van der Waals surface area contributed by atoms with Gasteiger partial charge in [-0.05, 0) is 80.5 Å². The van der Waals surface area contributed by atoms with Gasteiger partial charge in [-0.3, -0.25) is 4.79 Å². The normalized spacial score (nSPS) is 20.1. The first kappa shape index (κ1) is 25.9. The second kappa shape index (κ2) is 10.1. The molecule has 1 atom stereocenters. The zero-order chi connectivity index (χ0) is 28.1. The number of hydrogen-bond donors (Lipinski definition) is 2. The van der Waals surface area contributed by atoms with Crippen LogP contribution in [0.2, 0.25) is 0 Å². The lowest BCUT2D eigenvalue weighted by Gasteiger charge is -2.53. The maximum atomic E-state index is 13.3. The summed E-state index contributed by atoms with van der Waals surface area (Å²) < 4.78 is 3.26. The summed E-state index contributed by atoms with van der Waals surface area (Å²) in [5.74, 6) is 0.922. The van der Waals surface area contributed by atoms with Crippen LogP contribution >= 0.6 is 0 Å². The van der Waals surface area contributed by atoms with E-state index in [2.05, 4.69) is 45.9 Å². The Morgan fingerprint density at radius 1 is 1.12 bits per heavy atom. The van der Waals surface area contributed by atoms with E-state index < -0.39 is 6.10 Å². The molecule has 3 aromatic heterocycles. The molecule has 2 aliphatic heterocycles. The second-order valence-electron chi connectivity index (χ2n) is 11.9. The molecule has 3 aliphatic rings. The van der Waals surface area contributed by atoms with Gasteiger partial charge < -0.3 is 20.2 Å². The predicted molar refractivity (Wildman–Crippen MR) is 160 cm³/mol. The van der Waals surface area contributed by atoms with Gasteiger partial charge in [0.2, 0.25) is 5.95 Å². The van der Waals surface area contributed by atoms with Crippen LogP contribution in [0.4, 0.5) is 17.3 Å². The minimum Gasteiger partial charge on any atom is -0.387 e. The first-order chi connectivity index (χ1) is 19.9. The highest BCUT2D eigenvalue weighted by Gasteiger charge is 2.43. The van der Waals surface area contributed by atoms with Gasteiger partial charge in [-0.2, -0.15) is 4.98 Å². The highest BCUT2D eigenvalue weighted by atomic mass is 16.3. The van der Waals surface area contributed by atoms with Gasteiger partial charge in [-0.1, -0.05) is 12.1 Å². The number of aliphatic hydroxyl groups excluding tert-OH is 1. The number of piperidine rings is 1. The minimum absolute atomic E-state index is 0.215. The van der Waals surface area contributed by atoms with Crippen molar-refractivity contribution >= 4 is 28.4 Å². The molecule has 2 N–H and O–H groups in total. The summed E-state index contributed by atoms with van der Waals surface area (Å²) in [5, 5.41) is 14.3. The van der Waals surface area contributed by atoms with E-state index in [4.69, 9.17) is 9.97 Å². The summed E-state index contributed by atoms with van der Waals surface area (Å²) >= 11 is 0. The number of benzene rings is 1.